The van der Waals surface area contributed by atoms with Gasteiger partial charge in [-0.1, -0.05) is 49.2 Å². The van der Waals surface area contributed by atoms with Gasteiger partial charge in [-0.2, -0.15) is 0 Å². The molecule has 3 heteroatoms. The summed E-state index contributed by atoms with van der Waals surface area (Å²) in [6.07, 6.45) is 2.35. The largest absolute Gasteiger partial charge is 0.398 e. The number of para-hydroxylation sites is 1. The number of nitrogens with zero attached hydrogens (tertiary/aromatic N) is 1. The normalized spacial score (nSPS) is 10.5. The average Bonchev–Trinajstić information content (AvgIpc) is 2.46. The number of anilines is 2. The Morgan fingerprint density at radius 2 is 1.85 bits per heavy atom. The van der Waals surface area contributed by atoms with Crippen LogP contribution in [0.4, 0.5) is 11.4 Å². The summed E-state index contributed by atoms with van der Waals surface area (Å²) in [5.74, 6) is 0. The van der Waals surface area contributed by atoms with E-state index in [4.69, 9.17) is 17.3 Å². The molecule has 0 aliphatic heterocycles. The zero-order chi connectivity index (χ0) is 14.4. The van der Waals surface area contributed by atoms with Crippen LogP contribution in [-0.2, 0) is 6.54 Å². The summed E-state index contributed by atoms with van der Waals surface area (Å²) in [6, 6.07) is 16.2. The lowest BCUT2D eigenvalue weighted by Gasteiger charge is -2.25. The van der Waals surface area contributed by atoms with Crippen LogP contribution < -0.4 is 10.6 Å². The first-order valence-corrected chi connectivity index (χ1v) is 7.42. The molecule has 0 aliphatic rings. The fourth-order valence-corrected chi connectivity index (χ4v) is 2.38. The van der Waals surface area contributed by atoms with Crippen molar-refractivity contribution in [1.29, 1.82) is 0 Å². The van der Waals surface area contributed by atoms with Gasteiger partial charge >= 0.3 is 0 Å². The molecule has 0 fully saturated rings. The summed E-state index contributed by atoms with van der Waals surface area (Å²) in [7, 11) is 0. The maximum Gasteiger partial charge on any atom is 0.0449 e. The number of benzene rings is 2. The standard InChI is InChI=1S/C17H21ClN2/c1-2-3-11-20(16-7-5-4-6-8-16)13-14-9-10-15(18)12-17(14)19/h4-10,12H,2-3,11,13,19H2,1H3. The number of nitrogen functional groups attached to an aromatic ring is 1. The van der Waals surface area contributed by atoms with E-state index < -0.39 is 0 Å². The fourth-order valence-electron chi connectivity index (χ4n) is 2.20. The Bertz CT molecular complexity index is 540. The van der Waals surface area contributed by atoms with Crippen LogP contribution in [-0.4, -0.2) is 6.54 Å². The maximum absolute atomic E-state index is 6.07. The molecule has 106 valence electrons. The molecule has 0 unspecified atom stereocenters. The molecule has 2 rings (SSSR count). The van der Waals surface area contributed by atoms with Crippen molar-refractivity contribution in [2.75, 3.05) is 17.2 Å². The third-order valence-corrected chi connectivity index (χ3v) is 3.61. The second-order valence-electron chi connectivity index (χ2n) is 4.95. The minimum Gasteiger partial charge on any atom is -0.398 e. The summed E-state index contributed by atoms with van der Waals surface area (Å²) >= 11 is 5.96. The van der Waals surface area contributed by atoms with E-state index in [0.717, 1.165) is 24.3 Å². The third-order valence-electron chi connectivity index (χ3n) is 3.37. The molecule has 0 saturated heterocycles. The molecule has 2 N–H and O–H groups in total. The van der Waals surface area contributed by atoms with Crippen LogP contribution in [0.5, 0.6) is 0 Å². The molecule has 0 atom stereocenters. The molecule has 0 spiro atoms. The number of hydrogen-bond acceptors (Lipinski definition) is 2. The predicted molar refractivity (Wildman–Crippen MR) is 88.3 cm³/mol. The predicted octanol–water partition coefficient (Wildman–Crippen LogP) is 4.73. The van der Waals surface area contributed by atoms with E-state index in [-0.39, 0.29) is 0 Å². The summed E-state index contributed by atoms with van der Waals surface area (Å²) in [5, 5.41) is 0.686. The first-order valence-electron chi connectivity index (χ1n) is 7.04. The average molecular weight is 289 g/mol. The van der Waals surface area contributed by atoms with Crippen LogP contribution in [0.2, 0.25) is 5.02 Å². The molecule has 0 aliphatic carbocycles. The number of nitrogens with two attached hydrogens (primary N) is 1. The zero-order valence-corrected chi connectivity index (χ0v) is 12.6. The molecule has 2 nitrogen and oxygen atoms in total. The number of halogens is 1. The van der Waals surface area contributed by atoms with Gasteiger partial charge in [-0.05, 0) is 36.2 Å². The van der Waals surface area contributed by atoms with E-state index in [1.807, 2.05) is 24.3 Å². The molecule has 0 aromatic heterocycles. The SMILES string of the molecule is CCCCN(Cc1ccc(Cl)cc1N)c1ccccc1. The highest BCUT2D eigenvalue weighted by atomic mass is 35.5. The molecule has 0 saturated carbocycles. The minimum atomic E-state index is 0.686. The Kier molecular flexibility index (Phi) is 5.31. The lowest BCUT2D eigenvalue weighted by Crippen LogP contribution is -2.24. The van der Waals surface area contributed by atoms with Gasteiger partial charge in [0.05, 0.1) is 0 Å². The maximum atomic E-state index is 6.07. The molecule has 0 amide bonds. The van der Waals surface area contributed by atoms with E-state index in [2.05, 4.69) is 36.1 Å². The van der Waals surface area contributed by atoms with Crippen molar-refractivity contribution in [3.8, 4) is 0 Å². The van der Waals surface area contributed by atoms with Crippen LogP contribution in [0.1, 0.15) is 25.3 Å². The molecular formula is C17H21ClN2. The van der Waals surface area contributed by atoms with E-state index >= 15 is 0 Å². The molecule has 0 radical (unpaired) electrons. The first kappa shape index (κ1) is 14.7. The van der Waals surface area contributed by atoms with Crippen molar-refractivity contribution in [3.05, 3.63) is 59.1 Å². The quantitative estimate of drug-likeness (QED) is 0.779. The molecule has 0 heterocycles. The van der Waals surface area contributed by atoms with Crippen molar-refractivity contribution in [2.24, 2.45) is 0 Å². The number of hydrogen-bond donors (Lipinski definition) is 1. The van der Waals surface area contributed by atoms with Crippen LogP contribution in [0.3, 0.4) is 0 Å². The van der Waals surface area contributed by atoms with E-state index in [9.17, 15) is 0 Å². The Labute approximate surface area is 126 Å². The van der Waals surface area contributed by atoms with Gasteiger partial charge in [0.25, 0.3) is 0 Å². The van der Waals surface area contributed by atoms with Crippen LogP contribution >= 0.6 is 11.6 Å². The van der Waals surface area contributed by atoms with Crippen molar-refractivity contribution in [1.82, 2.24) is 0 Å². The fraction of sp³-hybridized carbons (Fsp3) is 0.294. The van der Waals surface area contributed by atoms with E-state index in [1.165, 1.54) is 18.5 Å². The highest BCUT2D eigenvalue weighted by Crippen LogP contribution is 2.23. The summed E-state index contributed by atoms with van der Waals surface area (Å²) < 4.78 is 0. The highest BCUT2D eigenvalue weighted by molar-refractivity contribution is 6.30. The molecule has 20 heavy (non-hydrogen) atoms. The third kappa shape index (κ3) is 3.91. The van der Waals surface area contributed by atoms with Gasteiger partial charge in [0.2, 0.25) is 0 Å². The van der Waals surface area contributed by atoms with Crippen LogP contribution in [0.25, 0.3) is 0 Å². The molecule has 2 aromatic rings. The number of unbranched alkanes of at least 4 members (excludes halogenated alkanes) is 1. The summed E-state index contributed by atoms with van der Waals surface area (Å²) in [6.45, 7) is 4.05. The van der Waals surface area contributed by atoms with Gasteiger partial charge in [-0.3, -0.25) is 0 Å². The Morgan fingerprint density at radius 1 is 1.10 bits per heavy atom. The second kappa shape index (κ2) is 7.20. The van der Waals surface area contributed by atoms with Crippen LogP contribution in [0.15, 0.2) is 48.5 Å². The van der Waals surface area contributed by atoms with Crippen molar-refractivity contribution in [2.45, 2.75) is 26.3 Å². The topological polar surface area (TPSA) is 29.3 Å². The van der Waals surface area contributed by atoms with Crippen LogP contribution in [0, 0.1) is 0 Å². The van der Waals surface area contributed by atoms with Gasteiger partial charge in [0.15, 0.2) is 0 Å². The lowest BCUT2D eigenvalue weighted by molar-refractivity contribution is 0.716. The smallest absolute Gasteiger partial charge is 0.0449 e. The lowest BCUT2D eigenvalue weighted by atomic mass is 10.1. The van der Waals surface area contributed by atoms with Crippen molar-refractivity contribution >= 4 is 23.0 Å². The van der Waals surface area contributed by atoms with E-state index in [1.54, 1.807) is 0 Å². The Balaban J connectivity index is 2.19. The van der Waals surface area contributed by atoms with Crippen molar-refractivity contribution in [3.63, 3.8) is 0 Å². The second-order valence-corrected chi connectivity index (χ2v) is 5.39. The van der Waals surface area contributed by atoms with Gasteiger partial charge in [-0.25, -0.2) is 0 Å². The molecular weight excluding hydrogens is 268 g/mol. The Morgan fingerprint density at radius 3 is 2.50 bits per heavy atom. The Hall–Kier alpha value is -1.67. The molecule has 0 bridgehead atoms. The van der Waals surface area contributed by atoms with Gasteiger partial charge in [0.1, 0.15) is 0 Å². The van der Waals surface area contributed by atoms with Crippen molar-refractivity contribution < 1.29 is 0 Å². The first-order chi connectivity index (χ1) is 9.70. The minimum absolute atomic E-state index is 0.686. The van der Waals surface area contributed by atoms with Gasteiger partial charge < -0.3 is 10.6 Å². The van der Waals surface area contributed by atoms with E-state index in [0.29, 0.717) is 5.02 Å². The highest BCUT2D eigenvalue weighted by Gasteiger charge is 2.09. The monoisotopic (exact) mass is 288 g/mol. The number of rotatable bonds is 6. The summed E-state index contributed by atoms with van der Waals surface area (Å²) in [5.41, 5.74) is 9.18. The van der Waals surface area contributed by atoms with Gasteiger partial charge in [-0.15, -0.1) is 0 Å². The van der Waals surface area contributed by atoms with Gasteiger partial charge in [0, 0.05) is 29.5 Å². The summed E-state index contributed by atoms with van der Waals surface area (Å²) in [4.78, 5) is 2.36. The molecule has 2 aromatic carbocycles. The zero-order valence-electron chi connectivity index (χ0n) is 11.8.